The molecule has 0 saturated heterocycles. The predicted octanol–water partition coefficient (Wildman–Crippen LogP) is 4.29. The van der Waals surface area contributed by atoms with E-state index in [2.05, 4.69) is 15.5 Å². The Morgan fingerprint density at radius 1 is 0.964 bits per heavy atom. The van der Waals surface area contributed by atoms with Crippen LogP contribution in [0.4, 0.5) is 0 Å². The van der Waals surface area contributed by atoms with Crippen molar-refractivity contribution in [2.45, 2.75) is 12.3 Å². The Morgan fingerprint density at radius 2 is 1.64 bits per heavy atom. The molecule has 140 valence electrons. The molecule has 0 aliphatic carbocycles. The fraction of sp³-hybridized carbons (Fsp3) is 0.136. The van der Waals surface area contributed by atoms with Gasteiger partial charge in [-0.1, -0.05) is 71.9 Å². The number of rotatable bonds is 7. The van der Waals surface area contributed by atoms with Crippen molar-refractivity contribution >= 4 is 17.2 Å². The fourth-order valence-electron chi connectivity index (χ4n) is 3.04. The van der Waals surface area contributed by atoms with Crippen LogP contribution in [-0.2, 0) is 11.2 Å². The van der Waals surface area contributed by atoms with Crippen molar-refractivity contribution in [1.82, 2.24) is 15.5 Å². The first-order valence-corrected chi connectivity index (χ1v) is 9.93. The highest BCUT2D eigenvalue weighted by Crippen LogP contribution is 2.25. The molecule has 6 heteroatoms. The monoisotopic (exact) mass is 389 g/mol. The van der Waals surface area contributed by atoms with Crippen molar-refractivity contribution in [3.8, 4) is 10.7 Å². The Hall–Kier alpha value is -3.25. The molecule has 1 N–H and O–H groups in total. The van der Waals surface area contributed by atoms with Gasteiger partial charge in [0.2, 0.25) is 17.6 Å². The third kappa shape index (κ3) is 4.18. The maximum absolute atomic E-state index is 13.0. The average Bonchev–Trinajstić information content (AvgIpc) is 3.42. The highest BCUT2D eigenvalue weighted by atomic mass is 32.1. The average molecular weight is 389 g/mol. The molecule has 1 amide bonds. The lowest BCUT2D eigenvalue weighted by molar-refractivity contribution is -0.121. The molecule has 4 rings (SSSR count). The quantitative estimate of drug-likeness (QED) is 0.512. The fourth-order valence-corrected chi connectivity index (χ4v) is 3.69. The van der Waals surface area contributed by atoms with E-state index in [1.807, 2.05) is 78.2 Å². The van der Waals surface area contributed by atoms with Crippen LogP contribution in [0.2, 0.25) is 0 Å². The van der Waals surface area contributed by atoms with Gasteiger partial charge >= 0.3 is 0 Å². The van der Waals surface area contributed by atoms with Crippen LogP contribution in [0.3, 0.4) is 0 Å². The molecule has 0 bridgehead atoms. The summed E-state index contributed by atoms with van der Waals surface area (Å²) in [5.74, 6) is 0.699. The number of hydrogen-bond donors (Lipinski definition) is 1. The molecule has 0 atom stereocenters. The summed E-state index contributed by atoms with van der Waals surface area (Å²) in [7, 11) is 0. The largest absolute Gasteiger partial charge is 0.355 e. The van der Waals surface area contributed by atoms with Crippen LogP contribution in [0, 0.1) is 0 Å². The lowest BCUT2D eigenvalue weighted by Gasteiger charge is -2.17. The van der Waals surface area contributed by atoms with Crippen LogP contribution in [0.5, 0.6) is 0 Å². The standard InChI is InChI=1S/C22H19N3O2S/c26-22(20(16-8-3-1-4-9-16)17-10-5-2-6-11-17)23-14-13-19-24-21(25-27-19)18-12-7-15-28-18/h1-12,15,20H,13-14H2,(H,23,26). The first-order chi connectivity index (χ1) is 13.8. The van der Waals surface area contributed by atoms with E-state index in [9.17, 15) is 4.79 Å². The van der Waals surface area contributed by atoms with Gasteiger partial charge in [0.15, 0.2) is 0 Å². The van der Waals surface area contributed by atoms with Crippen molar-refractivity contribution in [3.63, 3.8) is 0 Å². The van der Waals surface area contributed by atoms with Crippen molar-refractivity contribution in [2.75, 3.05) is 6.54 Å². The van der Waals surface area contributed by atoms with Gasteiger partial charge in [0.25, 0.3) is 0 Å². The molecule has 0 spiro atoms. The van der Waals surface area contributed by atoms with Gasteiger partial charge in [0, 0.05) is 13.0 Å². The molecule has 2 heterocycles. The highest BCUT2D eigenvalue weighted by Gasteiger charge is 2.22. The third-order valence-electron chi connectivity index (χ3n) is 4.38. The molecule has 4 aromatic rings. The summed E-state index contributed by atoms with van der Waals surface area (Å²) in [5, 5.41) is 8.98. The minimum atomic E-state index is -0.355. The molecule has 0 fully saturated rings. The van der Waals surface area contributed by atoms with Gasteiger partial charge in [-0.2, -0.15) is 4.98 Å². The van der Waals surface area contributed by atoms with Gasteiger partial charge in [0.05, 0.1) is 10.8 Å². The SMILES string of the molecule is O=C(NCCc1nc(-c2cccs2)no1)C(c1ccccc1)c1ccccc1. The smallest absolute Gasteiger partial charge is 0.232 e. The van der Waals surface area contributed by atoms with Gasteiger partial charge < -0.3 is 9.84 Å². The molecule has 2 aromatic carbocycles. The Bertz CT molecular complexity index is 975. The van der Waals surface area contributed by atoms with Crippen molar-refractivity contribution in [1.29, 1.82) is 0 Å². The summed E-state index contributed by atoms with van der Waals surface area (Å²) in [6.07, 6.45) is 0.487. The van der Waals surface area contributed by atoms with Gasteiger partial charge in [-0.3, -0.25) is 4.79 Å². The zero-order valence-electron chi connectivity index (χ0n) is 15.1. The van der Waals surface area contributed by atoms with Crippen molar-refractivity contribution < 1.29 is 9.32 Å². The molecule has 0 saturated carbocycles. The number of carbonyl (C=O) groups is 1. The second kappa shape index (κ2) is 8.63. The van der Waals surface area contributed by atoms with Gasteiger partial charge in [-0.15, -0.1) is 11.3 Å². The zero-order valence-corrected chi connectivity index (χ0v) is 15.9. The molecule has 0 aliphatic heterocycles. The van der Waals surface area contributed by atoms with E-state index in [0.717, 1.165) is 16.0 Å². The Labute approximate surface area is 167 Å². The topological polar surface area (TPSA) is 68.0 Å². The van der Waals surface area contributed by atoms with Crippen LogP contribution >= 0.6 is 11.3 Å². The van der Waals surface area contributed by atoms with Gasteiger partial charge in [-0.05, 0) is 22.6 Å². The second-order valence-corrected chi connectivity index (χ2v) is 7.23. The summed E-state index contributed by atoms with van der Waals surface area (Å²) >= 11 is 1.56. The molecule has 0 aliphatic rings. The Morgan fingerprint density at radius 3 is 2.25 bits per heavy atom. The van der Waals surface area contributed by atoms with E-state index in [1.54, 1.807) is 11.3 Å². The third-order valence-corrected chi connectivity index (χ3v) is 5.24. The van der Waals surface area contributed by atoms with E-state index in [4.69, 9.17) is 4.52 Å². The van der Waals surface area contributed by atoms with Gasteiger partial charge in [-0.25, -0.2) is 0 Å². The normalized spacial score (nSPS) is 10.9. The van der Waals surface area contributed by atoms with Crippen LogP contribution < -0.4 is 5.32 Å². The number of aromatic nitrogens is 2. The van der Waals surface area contributed by atoms with Gasteiger partial charge in [0.1, 0.15) is 0 Å². The summed E-state index contributed by atoms with van der Waals surface area (Å²) in [5.41, 5.74) is 1.92. The maximum atomic E-state index is 13.0. The van der Waals surface area contributed by atoms with Crippen molar-refractivity contribution in [2.24, 2.45) is 0 Å². The minimum Gasteiger partial charge on any atom is -0.355 e. The molecule has 0 unspecified atom stereocenters. The van der Waals surface area contributed by atoms with Crippen LogP contribution in [0.15, 0.2) is 82.7 Å². The van der Waals surface area contributed by atoms with Crippen molar-refractivity contribution in [3.05, 3.63) is 95.2 Å². The number of amides is 1. The summed E-state index contributed by atoms with van der Waals surface area (Å²) in [4.78, 5) is 18.3. The van der Waals surface area contributed by atoms with E-state index in [1.165, 1.54) is 0 Å². The van der Waals surface area contributed by atoms with E-state index in [0.29, 0.717) is 24.7 Å². The number of carbonyl (C=O) groups excluding carboxylic acids is 1. The number of nitrogens with one attached hydrogen (secondary N) is 1. The van der Waals surface area contributed by atoms with Crippen LogP contribution in [0.1, 0.15) is 22.9 Å². The molecule has 2 aromatic heterocycles. The minimum absolute atomic E-state index is 0.0459. The van der Waals surface area contributed by atoms with E-state index >= 15 is 0 Å². The van der Waals surface area contributed by atoms with Crippen LogP contribution in [0.25, 0.3) is 10.7 Å². The van der Waals surface area contributed by atoms with E-state index < -0.39 is 0 Å². The summed E-state index contributed by atoms with van der Waals surface area (Å²) < 4.78 is 5.29. The maximum Gasteiger partial charge on any atom is 0.232 e. The van der Waals surface area contributed by atoms with E-state index in [-0.39, 0.29) is 11.8 Å². The molecule has 28 heavy (non-hydrogen) atoms. The van der Waals surface area contributed by atoms with Crippen LogP contribution in [-0.4, -0.2) is 22.6 Å². The summed E-state index contributed by atoms with van der Waals surface area (Å²) in [6.45, 7) is 0.432. The second-order valence-electron chi connectivity index (χ2n) is 6.28. The Kier molecular flexibility index (Phi) is 5.58. The predicted molar refractivity (Wildman–Crippen MR) is 109 cm³/mol. The molecule has 0 radical (unpaired) electrons. The first-order valence-electron chi connectivity index (χ1n) is 9.05. The number of benzene rings is 2. The molecular weight excluding hydrogens is 370 g/mol. The lowest BCUT2D eigenvalue weighted by Crippen LogP contribution is -2.31. The number of thiophene rings is 1. The molecule has 5 nitrogen and oxygen atoms in total. The number of hydrogen-bond acceptors (Lipinski definition) is 5. The summed E-state index contributed by atoms with van der Waals surface area (Å²) in [6, 6.07) is 23.5. The highest BCUT2D eigenvalue weighted by molar-refractivity contribution is 7.13. The lowest BCUT2D eigenvalue weighted by atomic mass is 9.90. The number of nitrogens with zero attached hydrogens (tertiary/aromatic N) is 2. The zero-order chi connectivity index (χ0) is 19.2. The Balaban J connectivity index is 1.42. The first kappa shape index (κ1) is 18.1. The molecular formula is C22H19N3O2S.